The van der Waals surface area contributed by atoms with Crippen molar-refractivity contribution in [2.45, 2.75) is 118 Å². The van der Waals surface area contributed by atoms with Gasteiger partial charge in [-0.25, -0.2) is 4.79 Å². The van der Waals surface area contributed by atoms with Crippen LogP contribution in [0.25, 0.3) is 0 Å². The fourth-order valence-electron chi connectivity index (χ4n) is 11.2. The Kier molecular flexibility index (Phi) is 5.31. The van der Waals surface area contributed by atoms with E-state index >= 15 is 0 Å². The number of fused-ring (bicyclic) bond motifs is 2. The Hall–Kier alpha value is -0.830. The predicted molar refractivity (Wildman–Crippen MR) is 133 cm³/mol. The normalized spacial score (nSPS) is 51.1. The molecule has 0 heterocycles. The fourth-order valence-corrected chi connectivity index (χ4v) is 11.2. The maximum Gasteiger partial charge on any atom is 0.330 e. The lowest BCUT2D eigenvalue weighted by atomic mass is 9.41. The van der Waals surface area contributed by atoms with Gasteiger partial charge in [0.1, 0.15) is 0 Å². The van der Waals surface area contributed by atoms with E-state index in [2.05, 4.69) is 34.6 Å². The minimum atomic E-state index is -0.784. The molecule has 186 valence electrons. The van der Waals surface area contributed by atoms with Crippen LogP contribution in [0, 0.1) is 50.7 Å². The molecule has 2 spiro atoms. The molecule has 9 atom stereocenters. The summed E-state index contributed by atoms with van der Waals surface area (Å²) < 4.78 is 0. The SMILES string of the molecule is C/C(=C\CC[C@@H](C)[C@H]1CC[C@@]2(C)C3CCC4C(C)(C)[C@@H](O)CC[C@@]45C[C@@]35CC[C@]12C)C(=O)O. The van der Waals surface area contributed by atoms with Crippen molar-refractivity contribution < 1.29 is 15.0 Å². The summed E-state index contributed by atoms with van der Waals surface area (Å²) in [6.07, 6.45) is 15.7. The van der Waals surface area contributed by atoms with Crippen molar-refractivity contribution in [3.05, 3.63) is 11.6 Å². The van der Waals surface area contributed by atoms with Gasteiger partial charge in [-0.05, 0) is 128 Å². The molecule has 2 unspecified atom stereocenters. The first kappa shape index (κ1) is 23.9. The Morgan fingerprint density at radius 1 is 0.939 bits per heavy atom. The van der Waals surface area contributed by atoms with E-state index in [0.717, 1.165) is 31.1 Å². The topological polar surface area (TPSA) is 57.5 Å². The molecule has 0 saturated heterocycles. The Balaban J connectivity index is 1.37. The van der Waals surface area contributed by atoms with Crippen molar-refractivity contribution in [2.75, 3.05) is 0 Å². The van der Waals surface area contributed by atoms with Gasteiger partial charge in [-0.2, -0.15) is 0 Å². The highest BCUT2D eigenvalue weighted by Gasteiger charge is 2.82. The number of allylic oxidation sites excluding steroid dienone is 1. The van der Waals surface area contributed by atoms with Crippen LogP contribution >= 0.6 is 0 Å². The largest absolute Gasteiger partial charge is 0.478 e. The maximum atomic E-state index is 11.2. The van der Waals surface area contributed by atoms with Crippen molar-refractivity contribution >= 4 is 5.97 Å². The van der Waals surface area contributed by atoms with Crippen LogP contribution in [0.2, 0.25) is 0 Å². The number of aliphatic hydroxyl groups is 1. The van der Waals surface area contributed by atoms with Crippen molar-refractivity contribution in [2.24, 2.45) is 50.7 Å². The molecule has 33 heavy (non-hydrogen) atoms. The van der Waals surface area contributed by atoms with Gasteiger partial charge in [0.2, 0.25) is 0 Å². The Bertz CT molecular complexity index is 859. The number of carboxylic acid groups (broad SMARTS) is 1. The van der Waals surface area contributed by atoms with Crippen molar-refractivity contribution in [3.63, 3.8) is 0 Å². The van der Waals surface area contributed by atoms with E-state index in [-0.39, 0.29) is 11.5 Å². The van der Waals surface area contributed by atoms with Crippen molar-refractivity contribution in [3.8, 4) is 0 Å². The standard InChI is InChI=1S/C30H48O3/c1-19(8-7-9-20(2)25(32)33)21-12-14-28(6)23-11-10-22-26(3,4)24(31)13-15-29(22)18-30(23,29)17-16-27(21,28)5/h9,19,21-24,31H,7-8,10-18H2,1-6H3,(H,32,33)/b20-9+/t19-,21-,22?,23?,24+,27-,28+,29-,30+/m1/s1. The first-order valence-electron chi connectivity index (χ1n) is 13.9. The van der Waals surface area contributed by atoms with E-state index in [4.69, 9.17) is 0 Å². The van der Waals surface area contributed by atoms with Crippen molar-refractivity contribution in [1.82, 2.24) is 0 Å². The molecular formula is C30H48O3. The van der Waals surface area contributed by atoms with Crippen LogP contribution in [0.1, 0.15) is 112 Å². The molecule has 0 bridgehead atoms. The summed E-state index contributed by atoms with van der Waals surface area (Å²) in [5.41, 5.74) is 2.48. The molecule has 3 heteroatoms. The molecule has 5 rings (SSSR count). The van der Waals surface area contributed by atoms with Gasteiger partial charge >= 0.3 is 5.97 Å². The van der Waals surface area contributed by atoms with Crippen LogP contribution in [0.15, 0.2) is 11.6 Å². The highest BCUT2D eigenvalue weighted by Crippen LogP contribution is 2.89. The first-order valence-corrected chi connectivity index (χ1v) is 13.9. The van der Waals surface area contributed by atoms with Crippen LogP contribution < -0.4 is 0 Å². The zero-order valence-corrected chi connectivity index (χ0v) is 22.0. The molecule has 0 aromatic heterocycles. The van der Waals surface area contributed by atoms with Gasteiger partial charge in [0.05, 0.1) is 6.10 Å². The maximum absolute atomic E-state index is 11.2. The molecule has 0 aromatic carbocycles. The number of carbonyl (C=O) groups is 1. The average molecular weight is 457 g/mol. The first-order chi connectivity index (χ1) is 15.4. The van der Waals surface area contributed by atoms with E-state index in [1.165, 1.54) is 51.4 Å². The number of aliphatic carboxylic acids is 1. The number of hydrogen-bond donors (Lipinski definition) is 2. The third kappa shape index (κ3) is 2.93. The smallest absolute Gasteiger partial charge is 0.330 e. The van der Waals surface area contributed by atoms with E-state index in [9.17, 15) is 15.0 Å². The number of carboxylic acids is 1. The van der Waals surface area contributed by atoms with Gasteiger partial charge in [0, 0.05) is 5.57 Å². The van der Waals surface area contributed by atoms with E-state index < -0.39 is 5.97 Å². The van der Waals surface area contributed by atoms with Crippen LogP contribution in [-0.2, 0) is 4.79 Å². The molecule has 0 radical (unpaired) electrons. The van der Waals surface area contributed by atoms with Gasteiger partial charge in [0.25, 0.3) is 0 Å². The van der Waals surface area contributed by atoms with E-state index in [1.807, 2.05) is 6.08 Å². The van der Waals surface area contributed by atoms with Crippen LogP contribution in [0.3, 0.4) is 0 Å². The Labute approximate surface area is 201 Å². The van der Waals surface area contributed by atoms with Crippen LogP contribution in [-0.4, -0.2) is 22.3 Å². The second kappa shape index (κ2) is 7.34. The zero-order valence-electron chi connectivity index (χ0n) is 22.0. The average Bonchev–Trinajstić information content (AvgIpc) is 3.33. The summed E-state index contributed by atoms with van der Waals surface area (Å²) in [5, 5.41) is 20.0. The van der Waals surface area contributed by atoms with Gasteiger partial charge in [-0.1, -0.05) is 40.7 Å². The van der Waals surface area contributed by atoms with Gasteiger partial charge in [-0.3, -0.25) is 0 Å². The third-order valence-corrected chi connectivity index (χ3v) is 13.3. The summed E-state index contributed by atoms with van der Waals surface area (Å²) >= 11 is 0. The van der Waals surface area contributed by atoms with E-state index in [1.54, 1.807) is 6.92 Å². The number of aliphatic hydroxyl groups excluding tert-OH is 1. The Morgan fingerprint density at radius 3 is 2.30 bits per heavy atom. The zero-order chi connectivity index (χ0) is 24.0. The van der Waals surface area contributed by atoms with Crippen LogP contribution in [0.4, 0.5) is 0 Å². The van der Waals surface area contributed by atoms with Gasteiger partial charge in [0.15, 0.2) is 0 Å². The lowest BCUT2D eigenvalue weighted by molar-refractivity contribution is -0.161. The molecular weight excluding hydrogens is 408 g/mol. The van der Waals surface area contributed by atoms with Crippen LogP contribution in [0.5, 0.6) is 0 Å². The monoisotopic (exact) mass is 456 g/mol. The summed E-state index contributed by atoms with van der Waals surface area (Å²) in [5.74, 6) is 2.19. The van der Waals surface area contributed by atoms with E-state index in [0.29, 0.717) is 39.1 Å². The molecule has 5 aliphatic rings. The number of rotatable bonds is 5. The third-order valence-electron chi connectivity index (χ3n) is 13.3. The second-order valence-electron chi connectivity index (χ2n) is 14.3. The molecule has 5 aliphatic carbocycles. The fraction of sp³-hybridized carbons (Fsp3) is 0.900. The van der Waals surface area contributed by atoms with Crippen molar-refractivity contribution in [1.29, 1.82) is 0 Å². The molecule has 0 aromatic rings. The quantitative estimate of drug-likeness (QED) is 0.429. The molecule has 3 nitrogen and oxygen atoms in total. The summed E-state index contributed by atoms with van der Waals surface area (Å²) in [6, 6.07) is 0. The molecule has 2 N–H and O–H groups in total. The highest BCUT2D eigenvalue weighted by atomic mass is 16.4. The summed E-state index contributed by atoms with van der Waals surface area (Å²) in [4.78, 5) is 11.2. The second-order valence-corrected chi connectivity index (χ2v) is 14.3. The predicted octanol–water partition coefficient (Wildman–Crippen LogP) is 7.23. The molecule has 0 aliphatic heterocycles. The van der Waals surface area contributed by atoms with Gasteiger partial charge in [-0.15, -0.1) is 0 Å². The number of hydrogen-bond acceptors (Lipinski definition) is 2. The lowest BCUT2D eigenvalue weighted by Crippen LogP contribution is -2.57. The minimum Gasteiger partial charge on any atom is -0.478 e. The molecule has 0 amide bonds. The Morgan fingerprint density at radius 2 is 1.61 bits per heavy atom. The highest BCUT2D eigenvalue weighted by molar-refractivity contribution is 5.85. The molecule has 5 fully saturated rings. The molecule has 5 saturated carbocycles. The minimum absolute atomic E-state index is 0.0721. The summed E-state index contributed by atoms with van der Waals surface area (Å²) in [6.45, 7) is 14.2. The lowest BCUT2D eigenvalue weighted by Gasteiger charge is -2.63. The summed E-state index contributed by atoms with van der Waals surface area (Å²) in [7, 11) is 0. The van der Waals surface area contributed by atoms with Gasteiger partial charge < -0.3 is 10.2 Å².